The van der Waals surface area contributed by atoms with E-state index in [1.807, 2.05) is 14.1 Å². The van der Waals surface area contributed by atoms with Crippen molar-refractivity contribution in [3.63, 3.8) is 0 Å². The van der Waals surface area contributed by atoms with Crippen molar-refractivity contribution in [2.75, 3.05) is 45.7 Å². The number of likely N-dealkylation sites (tertiary alicyclic amines) is 1. The molecule has 1 N–H and O–H groups in total. The number of nitrogens with zero attached hydrogens (tertiary/aromatic N) is 2. The van der Waals surface area contributed by atoms with Crippen molar-refractivity contribution in [2.45, 2.75) is 25.0 Å². The maximum atomic E-state index is 11.1. The van der Waals surface area contributed by atoms with Crippen LogP contribution in [0.15, 0.2) is 0 Å². The number of hydrogen-bond acceptors (Lipinski definition) is 5. The largest absolute Gasteiger partial charge is 0.392 e. The Balaban J connectivity index is 2.39. The average molecular weight is 264 g/mol. The Morgan fingerprint density at radius 3 is 2.59 bits per heavy atom. The summed E-state index contributed by atoms with van der Waals surface area (Å²) in [6.45, 7) is 2.33. The topological polar surface area (TPSA) is 60.9 Å². The third-order valence-electron chi connectivity index (χ3n) is 3.04. The van der Waals surface area contributed by atoms with Crippen LogP contribution in [0.5, 0.6) is 0 Å². The fourth-order valence-corrected chi connectivity index (χ4v) is 3.03. The Kier molecular flexibility index (Phi) is 5.37. The molecule has 1 rings (SSSR count). The summed E-state index contributed by atoms with van der Waals surface area (Å²) in [4.78, 5) is 4.31. The van der Waals surface area contributed by atoms with E-state index in [2.05, 4.69) is 9.80 Å². The molecule has 17 heavy (non-hydrogen) atoms. The van der Waals surface area contributed by atoms with Crippen molar-refractivity contribution in [3.8, 4) is 0 Å². The van der Waals surface area contributed by atoms with Crippen LogP contribution >= 0.6 is 0 Å². The lowest BCUT2D eigenvalue weighted by Gasteiger charge is -2.26. The molecule has 1 aliphatic heterocycles. The molecule has 1 heterocycles. The van der Waals surface area contributed by atoms with E-state index in [1.165, 1.54) is 6.26 Å². The van der Waals surface area contributed by atoms with Gasteiger partial charge in [-0.1, -0.05) is 0 Å². The molecular formula is C11H24N2O3S. The fourth-order valence-electron chi connectivity index (χ4n) is 2.37. The van der Waals surface area contributed by atoms with E-state index in [-0.39, 0.29) is 11.9 Å². The van der Waals surface area contributed by atoms with E-state index in [4.69, 9.17) is 0 Å². The highest BCUT2D eigenvalue weighted by Gasteiger charge is 2.30. The van der Waals surface area contributed by atoms with Crippen LogP contribution in [0.4, 0.5) is 0 Å². The SMILES string of the molecule is CN(C)CC1CC(O)CN1CCCS(C)(=O)=O. The van der Waals surface area contributed by atoms with Gasteiger partial charge in [0.2, 0.25) is 0 Å². The molecule has 6 heteroatoms. The van der Waals surface area contributed by atoms with Crippen molar-refractivity contribution in [3.05, 3.63) is 0 Å². The average Bonchev–Trinajstić information content (AvgIpc) is 2.43. The predicted octanol–water partition coefficient (Wildman–Crippen LogP) is -0.582. The van der Waals surface area contributed by atoms with E-state index in [1.54, 1.807) is 0 Å². The lowest BCUT2D eigenvalue weighted by Crippen LogP contribution is -2.38. The smallest absolute Gasteiger partial charge is 0.147 e. The Hall–Kier alpha value is -0.170. The molecule has 0 aromatic heterocycles. The first kappa shape index (κ1) is 14.9. The van der Waals surface area contributed by atoms with Gasteiger partial charge in [-0.15, -0.1) is 0 Å². The van der Waals surface area contributed by atoms with Crippen LogP contribution in [-0.4, -0.2) is 81.2 Å². The Morgan fingerprint density at radius 1 is 1.41 bits per heavy atom. The second-order valence-corrected chi connectivity index (χ2v) is 7.54. The third-order valence-corrected chi connectivity index (χ3v) is 4.07. The molecule has 0 saturated carbocycles. The molecule has 0 spiro atoms. The van der Waals surface area contributed by atoms with Crippen LogP contribution in [0.2, 0.25) is 0 Å². The summed E-state index contributed by atoms with van der Waals surface area (Å²) in [5.74, 6) is 0.230. The Morgan fingerprint density at radius 2 is 2.06 bits per heavy atom. The number of β-amino-alcohol motifs (C(OH)–C–C–N with tert-alkyl or cyclic N) is 1. The summed E-state index contributed by atoms with van der Waals surface area (Å²) in [6, 6.07) is 0.347. The fraction of sp³-hybridized carbons (Fsp3) is 1.00. The number of sulfone groups is 1. The Labute approximate surface area is 104 Å². The van der Waals surface area contributed by atoms with Gasteiger partial charge < -0.3 is 10.0 Å². The number of rotatable bonds is 6. The molecule has 0 aliphatic carbocycles. The molecule has 2 unspecified atom stereocenters. The first-order valence-corrected chi connectivity index (χ1v) is 8.08. The van der Waals surface area contributed by atoms with E-state index in [0.29, 0.717) is 19.0 Å². The number of likely N-dealkylation sites (N-methyl/N-ethyl adjacent to an activating group) is 1. The van der Waals surface area contributed by atoms with E-state index >= 15 is 0 Å². The summed E-state index contributed by atoms with van der Waals surface area (Å²) in [5, 5.41) is 9.66. The van der Waals surface area contributed by atoms with Crippen molar-refractivity contribution >= 4 is 9.84 Å². The molecule has 0 aromatic rings. The van der Waals surface area contributed by atoms with Crippen LogP contribution in [0, 0.1) is 0 Å². The maximum absolute atomic E-state index is 11.1. The standard InChI is InChI=1S/C11H24N2O3S/c1-12(2)8-10-7-11(14)9-13(10)5-4-6-17(3,15)16/h10-11,14H,4-9H2,1-3H3. The van der Waals surface area contributed by atoms with Gasteiger partial charge in [0.05, 0.1) is 11.9 Å². The van der Waals surface area contributed by atoms with Crippen molar-refractivity contribution < 1.29 is 13.5 Å². The van der Waals surface area contributed by atoms with Gasteiger partial charge in [0, 0.05) is 25.4 Å². The van der Waals surface area contributed by atoms with Gasteiger partial charge in [-0.25, -0.2) is 8.42 Å². The minimum Gasteiger partial charge on any atom is -0.392 e. The number of hydrogen-bond donors (Lipinski definition) is 1. The quantitative estimate of drug-likeness (QED) is 0.695. The van der Waals surface area contributed by atoms with E-state index in [9.17, 15) is 13.5 Å². The van der Waals surface area contributed by atoms with Gasteiger partial charge in [0.1, 0.15) is 9.84 Å². The maximum Gasteiger partial charge on any atom is 0.147 e. The monoisotopic (exact) mass is 264 g/mol. The van der Waals surface area contributed by atoms with Gasteiger partial charge in [-0.2, -0.15) is 0 Å². The van der Waals surface area contributed by atoms with E-state index < -0.39 is 9.84 Å². The normalized spacial score (nSPS) is 26.9. The molecule has 5 nitrogen and oxygen atoms in total. The van der Waals surface area contributed by atoms with Crippen molar-refractivity contribution in [1.82, 2.24) is 9.80 Å². The molecule has 1 saturated heterocycles. The minimum atomic E-state index is -2.87. The second-order valence-electron chi connectivity index (χ2n) is 5.28. The molecule has 1 fully saturated rings. The zero-order chi connectivity index (χ0) is 13.1. The molecule has 1 aliphatic rings. The van der Waals surface area contributed by atoms with Crippen LogP contribution in [-0.2, 0) is 9.84 Å². The molecule has 2 atom stereocenters. The van der Waals surface area contributed by atoms with Crippen molar-refractivity contribution in [1.29, 1.82) is 0 Å². The molecule has 0 amide bonds. The van der Waals surface area contributed by atoms with Crippen LogP contribution in [0.1, 0.15) is 12.8 Å². The number of aliphatic hydroxyl groups excluding tert-OH is 1. The summed E-state index contributed by atoms with van der Waals surface area (Å²) < 4.78 is 22.1. The molecular weight excluding hydrogens is 240 g/mol. The van der Waals surface area contributed by atoms with Gasteiger partial charge in [-0.3, -0.25) is 4.90 Å². The van der Waals surface area contributed by atoms with E-state index in [0.717, 1.165) is 19.5 Å². The van der Waals surface area contributed by atoms with Crippen LogP contribution < -0.4 is 0 Å². The van der Waals surface area contributed by atoms with Gasteiger partial charge >= 0.3 is 0 Å². The summed E-state index contributed by atoms with van der Waals surface area (Å²) in [7, 11) is 1.16. The lowest BCUT2D eigenvalue weighted by atomic mass is 10.2. The van der Waals surface area contributed by atoms with Gasteiger partial charge in [0.25, 0.3) is 0 Å². The first-order chi connectivity index (χ1) is 7.78. The molecule has 0 radical (unpaired) electrons. The highest BCUT2D eigenvalue weighted by molar-refractivity contribution is 7.90. The zero-order valence-corrected chi connectivity index (χ0v) is 11.8. The summed E-state index contributed by atoms with van der Waals surface area (Å²) in [5.41, 5.74) is 0. The molecule has 0 bridgehead atoms. The van der Waals surface area contributed by atoms with Crippen LogP contribution in [0.25, 0.3) is 0 Å². The minimum absolute atomic E-state index is 0.230. The summed E-state index contributed by atoms with van der Waals surface area (Å²) >= 11 is 0. The third kappa shape index (κ3) is 5.81. The molecule has 0 aromatic carbocycles. The highest BCUT2D eigenvalue weighted by Crippen LogP contribution is 2.18. The van der Waals surface area contributed by atoms with Gasteiger partial charge in [0.15, 0.2) is 0 Å². The van der Waals surface area contributed by atoms with Crippen LogP contribution in [0.3, 0.4) is 0 Å². The van der Waals surface area contributed by atoms with Crippen molar-refractivity contribution in [2.24, 2.45) is 0 Å². The zero-order valence-electron chi connectivity index (χ0n) is 11.0. The summed E-state index contributed by atoms with van der Waals surface area (Å²) in [6.07, 6.45) is 2.44. The Bertz CT molecular complexity index is 330. The second kappa shape index (κ2) is 6.13. The lowest BCUT2D eigenvalue weighted by molar-refractivity contribution is 0.173. The first-order valence-electron chi connectivity index (χ1n) is 6.02. The number of aliphatic hydroxyl groups is 1. The highest BCUT2D eigenvalue weighted by atomic mass is 32.2. The molecule has 102 valence electrons. The van der Waals surface area contributed by atoms with Gasteiger partial charge in [-0.05, 0) is 33.5 Å². The predicted molar refractivity (Wildman–Crippen MR) is 68.9 cm³/mol.